The fraction of sp³-hybridized carbons (Fsp3) is 0.897. The molecule has 220 valence electrons. The molecule has 12 atom stereocenters. The Labute approximate surface area is 230 Å². The van der Waals surface area contributed by atoms with Gasteiger partial charge in [-0.1, -0.05) is 27.7 Å². The third-order valence-electron chi connectivity index (χ3n) is 10.9. The van der Waals surface area contributed by atoms with Crippen molar-refractivity contribution in [3.8, 4) is 0 Å². The van der Waals surface area contributed by atoms with Gasteiger partial charge in [-0.25, -0.2) is 0 Å². The summed E-state index contributed by atoms with van der Waals surface area (Å²) in [6, 6.07) is 0. The molecular weight excluding hydrogens is 508 g/mol. The van der Waals surface area contributed by atoms with Crippen molar-refractivity contribution in [1.82, 2.24) is 0 Å². The van der Waals surface area contributed by atoms with Crippen LogP contribution < -0.4 is 0 Å². The summed E-state index contributed by atoms with van der Waals surface area (Å²) in [7, 11) is 0. The molecule has 5 unspecified atom stereocenters. The zero-order valence-corrected chi connectivity index (χ0v) is 24.0. The second-order valence-electron chi connectivity index (χ2n) is 12.8. The molecule has 10 heteroatoms. The third kappa shape index (κ3) is 4.41. The van der Waals surface area contributed by atoms with Crippen LogP contribution in [0.3, 0.4) is 0 Å². The number of aliphatic hydroxyl groups excluding tert-OH is 1. The Morgan fingerprint density at radius 3 is 2.41 bits per heavy atom. The lowest BCUT2D eigenvalue weighted by Gasteiger charge is -2.65. The monoisotopic (exact) mass is 552 g/mol. The van der Waals surface area contributed by atoms with E-state index in [0.29, 0.717) is 25.4 Å². The maximum Gasteiger partial charge on any atom is 0.309 e. The molecule has 3 aliphatic heterocycles. The van der Waals surface area contributed by atoms with Gasteiger partial charge in [0.1, 0.15) is 18.3 Å². The molecule has 10 nitrogen and oxygen atoms in total. The lowest BCUT2D eigenvalue weighted by atomic mass is 9.41. The molecule has 0 amide bonds. The summed E-state index contributed by atoms with van der Waals surface area (Å²) >= 11 is 0. The van der Waals surface area contributed by atoms with Gasteiger partial charge in [0.2, 0.25) is 0 Å². The smallest absolute Gasteiger partial charge is 0.309 e. The van der Waals surface area contributed by atoms with E-state index in [-0.39, 0.29) is 49.8 Å². The highest BCUT2D eigenvalue weighted by atomic mass is 16.7. The molecule has 39 heavy (non-hydrogen) atoms. The number of fused-ring (bicyclic) bond motifs is 3. The Bertz CT molecular complexity index is 967. The number of rotatable bonds is 7. The Hall–Kier alpha value is -1.75. The number of hydrogen-bond acceptors (Lipinski definition) is 10. The molecule has 2 aliphatic carbocycles. The minimum absolute atomic E-state index is 0.0309. The molecule has 2 saturated carbocycles. The van der Waals surface area contributed by atoms with Crippen LogP contribution in [-0.2, 0) is 42.8 Å². The van der Waals surface area contributed by atoms with Crippen LogP contribution >= 0.6 is 0 Å². The minimum Gasteiger partial charge on any atom is -0.465 e. The molecule has 5 rings (SSSR count). The summed E-state index contributed by atoms with van der Waals surface area (Å²) < 4.78 is 36.4. The van der Waals surface area contributed by atoms with Crippen molar-refractivity contribution in [3.63, 3.8) is 0 Å². The SMILES string of the molecule is CCC(C)C(=O)OC1C(O)C[C@@H]2[C@@](C)([C@@H]3C[C@H]4CCO[C@H]4O3)C(C)CC(OC(C)=O)[C@@]2(COC(C)=O)[C@@]12CO2. The largest absolute Gasteiger partial charge is 0.465 e. The van der Waals surface area contributed by atoms with Crippen LogP contribution in [0.5, 0.6) is 0 Å². The number of ether oxygens (including phenoxy) is 6. The van der Waals surface area contributed by atoms with Crippen LogP contribution in [0.1, 0.15) is 73.6 Å². The third-order valence-corrected chi connectivity index (χ3v) is 10.9. The number of carbonyl (C=O) groups excluding carboxylic acids is 3. The van der Waals surface area contributed by atoms with Gasteiger partial charge in [-0.3, -0.25) is 14.4 Å². The minimum atomic E-state index is -1.18. The summed E-state index contributed by atoms with van der Waals surface area (Å²) in [5.74, 6) is -1.70. The maximum atomic E-state index is 13.0. The van der Waals surface area contributed by atoms with Gasteiger partial charge in [-0.05, 0) is 43.9 Å². The van der Waals surface area contributed by atoms with E-state index in [1.54, 1.807) is 6.92 Å². The van der Waals surface area contributed by atoms with Crippen molar-refractivity contribution in [2.45, 2.75) is 110 Å². The van der Waals surface area contributed by atoms with Crippen molar-refractivity contribution in [2.24, 2.45) is 34.5 Å². The van der Waals surface area contributed by atoms with Crippen molar-refractivity contribution in [2.75, 3.05) is 19.8 Å². The lowest BCUT2D eigenvalue weighted by Crippen LogP contribution is -2.74. The predicted octanol–water partition coefficient (Wildman–Crippen LogP) is 2.77. The molecule has 0 radical (unpaired) electrons. The highest BCUT2D eigenvalue weighted by Gasteiger charge is 2.81. The fourth-order valence-corrected chi connectivity index (χ4v) is 8.29. The highest BCUT2D eigenvalue weighted by molar-refractivity contribution is 5.72. The van der Waals surface area contributed by atoms with Gasteiger partial charge in [-0.15, -0.1) is 0 Å². The van der Waals surface area contributed by atoms with Crippen LogP contribution in [0.2, 0.25) is 0 Å². The number of epoxide rings is 1. The first kappa shape index (κ1) is 28.8. The van der Waals surface area contributed by atoms with Crippen LogP contribution in [-0.4, -0.2) is 79.1 Å². The molecule has 1 N–H and O–H groups in total. The molecule has 5 fully saturated rings. The molecule has 0 aromatic carbocycles. The molecule has 5 aliphatic rings. The second-order valence-corrected chi connectivity index (χ2v) is 12.8. The van der Waals surface area contributed by atoms with E-state index < -0.39 is 52.7 Å². The first-order valence-electron chi connectivity index (χ1n) is 14.5. The van der Waals surface area contributed by atoms with E-state index in [1.165, 1.54) is 13.8 Å². The van der Waals surface area contributed by atoms with E-state index >= 15 is 0 Å². The average molecular weight is 553 g/mol. The first-order chi connectivity index (χ1) is 18.4. The van der Waals surface area contributed by atoms with Crippen molar-refractivity contribution >= 4 is 17.9 Å². The Balaban J connectivity index is 1.62. The molecule has 3 saturated heterocycles. The summed E-state index contributed by atoms with van der Waals surface area (Å²) in [4.78, 5) is 37.7. The quantitative estimate of drug-likeness (QED) is 0.286. The molecule has 0 aromatic heterocycles. The van der Waals surface area contributed by atoms with Crippen molar-refractivity contribution in [1.29, 1.82) is 0 Å². The van der Waals surface area contributed by atoms with Crippen molar-refractivity contribution < 1.29 is 47.9 Å². The average Bonchev–Trinajstić information content (AvgIpc) is 3.36. The van der Waals surface area contributed by atoms with Gasteiger partial charge in [0.15, 0.2) is 12.4 Å². The number of esters is 3. The molecule has 3 heterocycles. The van der Waals surface area contributed by atoms with Gasteiger partial charge >= 0.3 is 17.9 Å². The van der Waals surface area contributed by atoms with Gasteiger partial charge < -0.3 is 33.5 Å². The molecule has 0 aromatic rings. The van der Waals surface area contributed by atoms with Crippen LogP contribution in [0.25, 0.3) is 0 Å². The molecular formula is C29H44O10. The Kier molecular flexibility index (Phi) is 7.57. The van der Waals surface area contributed by atoms with E-state index in [1.807, 2.05) is 6.92 Å². The summed E-state index contributed by atoms with van der Waals surface area (Å²) in [5.41, 5.74) is -2.75. The van der Waals surface area contributed by atoms with Gasteiger partial charge in [-0.2, -0.15) is 0 Å². The zero-order valence-electron chi connectivity index (χ0n) is 24.0. The van der Waals surface area contributed by atoms with E-state index in [4.69, 9.17) is 28.4 Å². The normalized spacial score (nSPS) is 47.2. The number of aliphatic hydroxyl groups is 1. The van der Waals surface area contributed by atoms with Gasteiger partial charge in [0, 0.05) is 25.2 Å². The predicted molar refractivity (Wildman–Crippen MR) is 136 cm³/mol. The van der Waals surface area contributed by atoms with E-state index in [2.05, 4.69) is 13.8 Å². The van der Waals surface area contributed by atoms with Crippen LogP contribution in [0.15, 0.2) is 0 Å². The zero-order chi connectivity index (χ0) is 28.3. The first-order valence-corrected chi connectivity index (χ1v) is 14.5. The van der Waals surface area contributed by atoms with E-state index in [9.17, 15) is 19.5 Å². The Morgan fingerprint density at radius 2 is 1.82 bits per heavy atom. The fourth-order valence-electron chi connectivity index (χ4n) is 8.29. The standard InChI is InChI=1S/C29H44O10/c1-7-15(2)25(33)39-24-20(32)12-21-27(6,22-11-19-8-9-34-26(19)38-22)16(3)10-23(37-18(5)31)28(21,13-35-17(4)30)29(24)14-36-29/h15-16,19-24,26,32H,7-14H2,1-6H3/t15?,16?,19-,20?,21-,22+,23?,24?,26+,27+,28+,29-/m1/s1. The topological polar surface area (TPSA) is 130 Å². The number of hydrogen-bond donors (Lipinski definition) is 1. The highest BCUT2D eigenvalue weighted by Crippen LogP contribution is 2.70. The van der Waals surface area contributed by atoms with E-state index in [0.717, 1.165) is 12.8 Å². The van der Waals surface area contributed by atoms with Crippen LogP contribution in [0.4, 0.5) is 0 Å². The number of carbonyl (C=O) groups is 3. The molecule has 0 bridgehead atoms. The Morgan fingerprint density at radius 1 is 1.10 bits per heavy atom. The maximum absolute atomic E-state index is 13.0. The summed E-state index contributed by atoms with van der Waals surface area (Å²) in [6.07, 6.45) is -0.0393. The summed E-state index contributed by atoms with van der Waals surface area (Å²) in [5, 5.41) is 11.6. The van der Waals surface area contributed by atoms with Crippen LogP contribution in [0, 0.1) is 34.5 Å². The van der Waals surface area contributed by atoms with Crippen molar-refractivity contribution in [3.05, 3.63) is 0 Å². The van der Waals surface area contributed by atoms with Gasteiger partial charge in [0.25, 0.3) is 0 Å². The summed E-state index contributed by atoms with van der Waals surface area (Å²) in [6.45, 7) is 11.5. The molecule has 1 spiro atoms. The second kappa shape index (κ2) is 10.3. The lowest BCUT2D eigenvalue weighted by molar-refractivity contribution is -0.285. The van der Waals surface area contributed by atoms with Gasteiger partial charge in [0.05, 0.1) is 36.8 Å².